The molecule has 1 aliphatic rings. The number of H-pyrrole nitrogens is 2. The van der Waals surface area contributed by atoms with Gasteiger partial charge in [0.2, 0.25) is 4.77 Å². The maximum atomic E-state index is 5.03. The molecule has 0 aromatic carbocycles. The summed E-state index contributed by atoms with van der Waals surface area (Å²) in [6.45, 7) is 0. The minimum absolute atomic E-state index is 0.467. The highest BCUT2D eigenvalue weighted by atomic mass is 32.1. The van der Waals surface area contributed by atoms with E-state index in [0.29, 0.717) is 10.7 Å². The minimum atomic E-state index is 0.467. The quantitative estimate of drug-likeness (QED) is 0.726. The zero-order valence-electron chi connectivity index (χ0n) is 10.5. The summed E-state index contributed by atoms with van der Waals surface area (Å²) in [5.74, 6) is 1.33. The zero-order chi connectivity index (χ0) is 13.5. The predicted molar refractivity (Wildman–Crippen MR) is 80.1 cm³/mol. The van der Waals surface area contributed by atoms with Gasteiger partial charge in [-0.1, -0.05) is 6.07 Å². The van der Waals surface area contributed by atoms with Crippen molar-refractivity contribution in [3.05, 3.63) is 34.9 Å². The number of nitrogens with zero attached hydrogens (tertiary/aromatic N) is 3. The number of aromatic nitrogens is 5. The molecule has 2 N–H and O–H groups in total. The third-order valence-electron chi connectivity index (χ3n) is 3.22. The molecule has 0 aliphatic heterocycles. The van der Waals surface area contributed by atoms with Crippen LogP contribution in [0.4, 0.5) is 0 Å². The molecule has 4 rings (SSSR count). The standard InChI is InChI=1S/C13H11N5S2/c19-13-16-11(17-18-13)10-9(7-4-5-7)15-12(20-10)8-3-1-2-6-14-8/h1-3,6-7H,4-5H2,(H2,16,17,18,19). The molecule has 20 heavy (non-hydrogen) atoms. The van der Waals surface area contributed by atoms with Crippen molar-refractivity contribution in [2.75, 3.05) is 0 Å². The molecule has 3 aromatic rings. The van der Waals surface area contributed by atoms with Crippen molar-refractivity contribution in [3.63, 3.8) is 0 Å². The van der Waals surface area contributed by atoms with Crippen LogP contribution in [0.15, 0.2) is 24.4 Å². The van der Waals surface area contributed by atoms with E-state index < -0.39 is 0 Å². The van der Waals surface area contributed by atoms with Crippen LogP contribution in [0.1, 0.15) is 24.5 Å². The number of rotatable bonds is 3. The Morgan fingerprint density at radius 3 is 2.75 bits per heavy atom. The topological polar surface area (TPSA) is 70.2 Å². The molecule has 0 bridgehead atoms. The molecule has 1 saturated carbocycles. The fourth-order valence-electron chi connectivity index (χ4n) is 2.11. The van der Waals surface area contributed by atoms with E-state index in [1.807, 2.05) is 18.2 Å². The van der Waals surface area contributed by atoms with E-state index in [1.165, 1.54) is 12.8 Å². The molecule has 5 nitrogen and oxygen atoms in total. The summed E-state index contributed by atoms with van der Waals surface area (Å²) < 4.78 is 0.467. The zero-order valence-corrected chi connectivity index (χ0v) is 12.1. The first-order chi connectivity index (χ1) is 9.81. The van der Waals surface area contributed by atoms with Gasteiger partial charge in [-0.25, -0.2) is 4.98 Å². The van der Waals surface area contributed by atoms with E-state index in [9.17, 15) is 0 Å². The molecular formula is C13H11N5S2. The molecule has 7 heteroatoms. The van der Waals surface area contributed by atoms with Gasteiger partial charge in [0.1, 0.15) is 5.01 Å². The lowest BCUT2D eigenvalue weighted by Gasteiger charge is -1.94. The smallest absolute Gasteiger partial charge is 0.213 e. The fourth-order valence-corrected chi connectivity index (χ4v) is 3.33. The Hall–Kier alpha value is -1.86. The lowest BCUT2D eigenvalue weighted by molar-refractivity contribution is 1.04. The second-order valence-electron chi connectivity index (χ2n) is 4.74. The van der Waals surface area contributed by atoms with Gasteiger partial charge in [-0.2, -0.15) is 4.98 Å². The van der Waals surface area contributed by atoms with Crippen LogP contribution in [-0.2, 0) is 0 Å². The molecule has 3 aromatic heterocycles. The van der Waals surface area contributed by atoms with E-state index in [4.69, 9.17) is 17.2 Å². The third-order valence-corrected chi connectivity index (χ3v) is 4.51. The Kier molecular flexibility index (Phi) is 2.75. The van der Waals surface area contributed by atoms with Crippen molar-refractivity contribution < 1.29 is 0 Å². The summed E-state index contributed by atoms with van der Waals surface area (Å²) in [6, 6.07) is 5.86. The van der Waals surface area contributed by atoms with E-state index >= 15 is 0 Å². The summed E-state index contributed by atoms with van der Waals surface area (Å²) >= 11 is 6.65. The number of hydrogen-bond donors (Lipinski definition) is 2. The van der Waals surface area contributed by atoms with E-state index in [2.05, 4.69) is 20.2 Å². The third kappa shape index (κ3) is 2.08. The SMILES string of the molecule is S=c1nc(-c2sc(-c3ccccn3)nc2C2CC2)[nH][nH]1. The van der Waals surface area contributed by atoms with Crippen molar-refractivity contribution in [1.82, 2.24) is 25.1 Å². The summed E-state index contributed by atoms with van der Waals surface area (Å²) in [5.41, 5.74) is 2.02. The molecule has 3 heterocycles. The van der Waals surface area contributed by atoms with Gasteiger partial charge in [-0.15, -0.1) is 11.3 Å². The number of nitrogens with one attached hydrogen (secondary N) is 2. The van der Waals surface area contributed by atoms with E-state index in [-0.39, 0.29) is 0 Å². The average molecular weight is 301 g/mol. The lowest BCUT2D eigenvalue weighted by Crippen LogP contribution is -1.86. The van der Waals surface area contributed by atoms with Gasteiger partial charge in [0.15, 0.2) is 5.82 Å². The van der Waals surface area contributed by atoms with Gasteiger partial charge in [0.25, 0.3) is 0 Å². The molecule has 100 valence electrons. The Labute approximate surface area is 124 Å². The van der Waals surface area contributed by atoms with Crippen LogP contribution in [-0.4, -0.2) is 25.1 Å². The van der Waals surface area contributed by atoms with Crippen LogP contribution >= 0.6 is 23.6 Å². The highest BCUT2D eigenvalue weighted by molar-refractivity contribution is 7.71. The fraction of sp³-hybridized carbons (Fsp3) is 0.231. The van der Waals surface area contributed by atoms with E-state index in [0.717, 1.165) is 27.1 Å². The molecule has 0 unspecified atom stereocenters. The summed E-state index contributed by atoms with van der Waals surface area (Å²) in [6.07, 6.45) is 4.18. The second kappa shape index (κ2) is 4.60. The van der Waals surface area contributed by atoms with Crippen LogP contribution < -0.4 is 0 Å². The Balaban J connectivity index is 1.86. The van der Waals surface area contributed by atoms with Gasteiger partial charge < -0.3 is 0 Å². The molecule has 0 radical (unpaired) electrons. The van der Waals surface area contributed by atoms with E-state index in [1.54, 1.807) is 17.5 Å². The Morgan fingerprint density at radius 2 is 2.10 bits per heavy atom. The van der Waals surface area contributed by atoms with Crippen LogP contribution in [0.3, 0.4) is 0 Å². The second-order valence-corrected chi connectivity index (χ2v) is 6.12. The van der Waals surface area contributed by atoms with Crippen molar-refractivity contribution in [2.45, 2.75) is 18.8 Å². The maximum Gasteiger partial charge on any atom is 0.213 e. The predicted octanol–water partition coefficient (Wildman–Crippen LogP) is 3.53. The normalized spacial score (nSPS) is 14.6. The highest BCUT2D eigenvalue weighted by Gasteiger charge is 2.31. The van der Waals surface area contributed by atoms with Gasteiger partial charge in [-0.05, 0) is 37.2 Å². The number of hydrogen-bond acceptors (Lipinski definition) is 5. The first-order valence-corrected chi connectivity index (χ1v) is 7.61. The van der Waals surface area contributed by atoms with Gasteiger partial charge >= 0.3 is 0 Å². The van der Waals surface area contributed by atoms with Crippen LogP contribution in [0.5, 0.6) is 0 Å². The largest absolute Gasteiger partial charge is 0.281 e. The van der Waals surface area contributed by atoms with Crippen molar-refractivity contribution in [3.8, 4) is 21.4 Å². The molecule has 0 amide bonds. The van der Waals surface area contributed by atoms with Gasteiger partial charge in [0, 0.05) is 12.1 Å². The van der Waals surface area contributed by atoms with Gasteiger partial charge in [-0.3, -0.25) is 15.2 Å². The monoisotopic (exact) mass is 301 g/mol. The van der Waals surface area contributed by atoms with Crippen molar-refractivity contribution in [2.24, 2.45) is 0 Å². The number of pyridine rings is 1. The average Bonchev–Trinajstić information content (AvgIpc) is 3.08. The first kappa shape index (κ1) is 11.9. The summed E-state index contributed by atoms with van der Waals surface area (Å²) in [5, 5.41) is 6.80. The molecule has 0 saturated heterocycles. The first-order valence-electron chi connectivity index (χ1n) is 6.38. The minimum Gasteiger partial charge on any atom is -0.281 e. The van der Waals surface area contributed by atoms with Crippen LogP contribution in [0.2, 0.25) is 0 Å². The molecule has 1 fully saturated rings. The highest BCUT2D eigenvalue weighted by Crippen LogP contribution is 2.46. The summed E-state index contributed by atoms with van der Waals surface area (Å²) in [4.78, 5) is 14.5. The number of aromatic amines is 2. The lowest BCUT2D eigenvalue weighted by atomic mass is 10.2. The number of thiazole rings is 1. The molecule has 0 spiro atoms. The van der Waals surface area contributed by atoms with Crippen LogP contribution in [0, 0.1) is 4.77 Å². The molecule has 0 atom stereocenters. The van der Waals surface area contributed by atoms with Crippen molar-refractivity contribution in [1.29, 1.82) is 0 Å². The molecular weight excluding hydrogens is 290 g/mol. The van der Waals surface area contributed by atoms with Crippen LogP contribution in [0.25, 0.3) is 21.4 Å². The Morgan fingerprint density at radius 1 is 1.20 bits per heavy atom. The summed E-state index contributed by atoms with van der Waals surface area (Å²) in [7, 11) is 0. The maximum absolute atomic E-state index is 5.03. The molecule has 1 aliphatic carbocycles. The van der Waals surface area contributed by atoms with Crippen molar-refractivity contribution >= 4 is 23.6 Å². The Bertz CT molecular complexity index is 798. The van der Waals surface area contributed by atoms with Gasteiger partial charge in [0.05, 0.1) is 16.3 Å².